The molecule has 0 spiro atoms. The molecule has 2 atom stereocenters. The standard InChI is InChI=1S/C22H19Cl2N3O4S/c23-21(12-11-16(13-22(21,24)30)18(32)26-20(25)29)14-31-27(17-9-5-2-6-10-17)19(28)15-7-3-1-4-8-15/h1-13,30H,14H2,(H3,25,26,29,32). The number of anilines is 1. The van der Waals surface area contributed by atoms with E-state index in [-0.39, 0.29) is 17.2 Å². The van der Waals surface area contributed by atoms with E-state index in [0.717, 1.165) is 5.06 Å². The average molecular weight is 492 g/mol. The molecule has 0 aromatic heterocycles. The van der Waals surface area contributed by atoms with Gasteiger partial charge < -0.3 is 10.8 Å². The lowest BCUT2D eigenvalue weighted by Crippen LogP contribution is -2.50. The molecular weight excluding hydrogens is 473 g/mol. The zero-order chi connectivity index (χ0) is 23.4. The molecule has 4 N–H and O–H groups in total. The van der Waals surface area contributed by atoms with E-state index in [1.807, 2.05) is 0 Å². The number of amides is 3. The van der Waals surface area contributed by atoms with Gasteiger partial charge in [0.05, 0.1) is 5.69 Å². The molecule has 0 saturated carbocycles. The van der Waals surface area contributed by atoms with Crippen LogP contribution in [0.2, 0.25) is 0 Å². The van der Waals surface area contributed by atoms with Gasteiger partial charge in [-0.2, -0.15) is 5.06 Å². The van der Waals surface area contributed by atoms with E-state index < -0.39 is 21.9 Å². The number of nitrogens with one attached hydrogen (secondary N) is 1. The van der Waals surface area contributed by atoms with Gasteiger partial charge in [0.1, 0.15) is 16.5 Å². The van der Waals surface area contributed by atoms with Crippen molar-refractivity contribution in [3.63, 3.8) is 0 Å². The second-order valence-electron chi connectivity index (χ2n) is 6.86. The molecule has 2 unspecified atom stereocenters. The number of thiocarbonyl (C=S) groups is 1. The summed E-state index contributed by atoms with van der Waals surface area (Å²) in [7, 11) is 0. The first-order valence-corrected chi connectivity index (χ1v) is 10.5. The van der Waals surface area contributed by atoms with Gasteiger partial charge in [-0.05, 0) is 30.3 Å². The van der Waals surface area contributed by atoms with Gasteiger partial charge in [0, 0.05) is 11.1 Å². The third kappa shape index (κ3) is 5.35. The molecule has 0 saturated heterocycles. The van der Waals surface area contributed by atoms with Gasteiger partial charge in [0.25, 0.3) is 5.91 Å². The van der Waals surface area contributed by atoms with Crippen LogP contribution in [0.1, 0.15) is 10.4 Å². The summed E-state index contributed by atoms with van der Waals surface area (Å²) < 4.78 is 0. The number of carbonyl (C=O) groups is 2. The Hall–Kier alpha value is -2.75. The predicted octanol–water partition coefficient (Wildman–Crippen LogP) is 3.66. The molecule has 32 heavy (non-hydrogen) atoms. The van der Waals surface area contributed by atoms with Crippen molar-refractivity contribution in [2.24, 2.45) is 5.73 Å². The molecular formula is C22H19Cl2N3O4S. The molecule has 2 aromatic rings. The van der Waals surface area contributed by atoms with Crippen molar-refractivity contribution in [1.82, 2.24) is 5.32 Å². The van der Waals surface area contributed by atoms with E-state index >= 15 is 0 Å². The first kappa shape index (κ1) is 23.9. The van der Waals surface area contributed by atoms with Crippen LogP contribution < -0.4 is 16.1 Å². The van der Waals surface area contributed by atoms with E-state index in [1.165, 1.54) is 18.2 Å². The monoisotopic (exact) mass is 491 g/mol. The summed E-state index contributed by atoms with van der Waals surface area (Å²) >= 11 is 17.9. The van der Waals surface area contributed by atoms with Crippen LogP contribution in [0.25, 0.3) is 0 Å². The van der Waals surface area contributed by atoms with E-state index in [1.54, 1.807) is 60.7 Å². The number of hydrogen-bond acceptors (Lipinski definition) is 5. The fraction of sp³-hybridized carbons (Fsp3) is 0.136. The molecule has 3 amide bonds. The third-order valence-corrected chi connectivity index (χ3v) is 5.96. The quantitative estimate of drug-likeness (QED) is 0.324. The van der Waals surface area contributed by atoms with Gasteiger partial charge in [-0.25, -0.2) is 4.79 Å². The number of benzene rings is 2. The molecule has 7 nitrogen and oxygen atoms in total. The Morgan fingerprint density at radius 1 is 1.09 bits per heavy atom. The van der Waals surface area contributed by atoms with E-state index in [2.05, 4.69) is 5.32 Å². The Balaban J connectivity index is 1.83. The number of primary amides is 1. The lowest BCUT2D eigenvalue weighted by molar-refractivity contribution is 0.0387. The number of nitrogens with zero attached hydrogens (tertiary/aromatic N) is 1. The number of hydrogen-bond donors (Lipinski definition) is 3. The Bertz CT molecular complexity index is 1080. The maximum absolute atomic E-state index is 13.1. The summed E-state index contributed by atoms with van der Waals surface area (Å²) in [6, 6.07) is 16.4. The SMILES string of the molecule is NC(=O)NC(=S)C1=CC(O)(Cl)C(Cl)(CON(C(=O)c2ccccc2)c2ccccc2)C=C1. The summed E-state index contributed by atoms with van der Waals surface area (Å²) in [5.74, 6) is -0.432. The van der Waals surface area contributed by atoms with Crippen LogP contribution >= 0.6 is 35.4 Å². The number of hydroxylamine groups is 1. The molecule has 10 heteroatoms. The number of carbonyl (C=O) groups excluding carboxylic acids is 2. The summed E-state index contributed by atoms with van der Waals surface area (Å²) in [6.07, 6.45) is 4.02. The molecule has 166 valence electrons. The van der Waals surface area contributed by atoms with Crippen LogP contribution in [0.15, 0.2) is 84.5 Å². The van der Waals surface area contributed by atoms with Gasteiger partial charge in [0.2, 0.25) is 0 Å². The molecule has 0 heterocycles. The number of alkyl halides is 2. The number of para-hydroxylation sites is 1. The number of rotatable bonds is 6. The van der Waals surface area contributed by atoms with Crippen molar-refractivity contribution in [3.05, 3.63) is 90.0 Å². The second-order valence-corrected chi connectivity index (χ2v) is 8.52. The Kier molecular flexibility index (Phi) is 7.33. The van der Waals surface area contributed by atoms with Crippen LogP contribution in [0.3, 0.4) is 0 Å². The predicted molar refractivity (Wildman–Crippen MR) is 128 cm³/mol. The first-order chi connectivity index (χ1) is 15.1. The Morgan fingerprint density at radius 2 is 1.69 bits per heavy atom. The molecule has 0 radical (unpaired) electrons. The highest BCUT2D eigenvalue weighted by molar-refractivity contribution is 7.80. The third-order valence-electron chi connectivity index (χ3n) is 4.56. The zero-order valence-electron chi connectivity index (χ0n) is 16.6. The average Bonchev–Trinajstić information content (AvgIpc) is 2.76. The van der Waals surface area contributed by atoms with Crippen molar-refractivity contribution < 1.29 is 19.5 Å². The van der Waals surface area contributed by atoms with Crippen LogP contribution in [0.5, 0.6) is 0 Å². The minimum atomic E-state index is -2.15. The van der Waals surface area contributed by atoms with E-state index in [9.17, 15) is 14.7 Å². The summed E-state index contributed by atoms with van der Waals surface area (Å²) in [4.78, 5) is 28.2. The van der Waals surface area contributed by atoms with Gasteiger partial charge in [-0.15, -0.1) is 11.6 Å². The summed E-state index contributed by atoms with van der Waals surface area (Å²) in [5.41, 5.74) is 6.16. The summed E-state index contributed by atoms with van der Waals surface area (Å²) in [5, 5.41) is 12.0. The Labute approximate surface area is 200 Å². The smallest absolute Gasteiger partial charge is 0.317 e. The van der Waals surface area contributed by atoms with Gasteiger partial charge in [0.15, 0.2) is 5.06 Å². The minimum Gasteiger partial charge on any atom is -0.370 e. The number of nitrogens with two attached hydrogens (primary N) is 1. The second kappa shape index (κ2) is 9.81. The first-order valence-electron chi connectivity index (χ1n) is 9.33. The van der Waals surface area contributed by atoms with Crippen molar-refractivity contribution in [2.45, 2.75) is 9.93 Å². The summed E-state index contributed by atoms with van der Waals surface area (Å²) in [6.45, 7) is -0.377. The minimum absolute atomic E-state index is 0.0300. The van der Waals surface area contributed by atoms with Crippen molar-refractivity contribution in [3.8, 4) is 0 Å². The lowest BCUT2D eigenvalue weighted by atomic mass is 9.92. The zero-order valence-corrected chi connectivity index (χ0v) is 18.9. The van der Waals surface area contributed by atoms with Gasteiger partial charge >= 0.3 is 6.03 Å². The molecule has 1 aliphatic carbocycles. The number of aliphatic hydroxyl groups is 1. The van der Waals surface area contributed by atoms with Crippen molar-refractivity contribution in [1.29, 1.82) is 0 Å². The van der Waals surface area contributed by atoms with E-state index in [0.29, 0.717) is 11.3 Å². The van der Waals surface area contributed by atoms with Crippen LogP contribution in [-0.2, 0) is 4.84 Å². The van der Waals surface area contributed by atoms with Crippen molar-refractivity contribution in [2.75, 3.05) is 11.7 Å². The fourth-order valence-corrected chi connectivity index (χ4v) is 3.49. The van der Waals surface area contributed by atoms with Gasteiger partial charge in [-0.1, -0.05) is 72.4 Å². The maximum atomic E-state index is 13.1. The molecule has 0 fully saturated rings. The molecule has 3 rings (SSSR count). The van der Waals surface area contributed by atoms with Crippen molar-refractivity contribution >= 4 is 58.0 Å². The molecule has 2 aromatic carbocycles. The van der Waals surface area contributed by atoms with Crippen LogP contribution in [0, 0.1) is 0 Å². The molecule has 1 aliphatic rings. The normalized spacial score (nSPS) is 22.0. The fourth-order valence-electron chi connectivity index (χ4n) is 2.86. The topological polar surface area (TPSA) is 105 Å². The molecule has 0 bridgehead atoms. The maximum Gasteiger partial charge on any atom is 0.317 e. The van der Waals surface area contributed by atoms with Crippen LogP contribution in [-0.4, -0.2) is 38.6 Å². The molecule has 0 aliphatic heterocycles. The highest BCUT2D eigenvalue weighted by Crippen LogP contribution is 2.41. The largest absolute Gasteiger partial charge is 0.370 e. The van der Waals surface area contributed by atoms with Gasteiger partial charge in [-0.3, -0.25) is 14.9 Å². The van der Waals surface area contributed by atoms with E-state index in [4.69, 9.17) is 46.0 Å². The number of urea groups is 1. The highest BCUT2D eigenvalue weighted by atomic mass is 35.5. The Morgan fingerprint density at radius 3 is 2.25 bits per heavy atom. The van der Waals surface area contributed by atoms with Crippen LogP contribution in [0.4, 0.5) is 10.5 Å². The lowest BCUT2D eigenvalue weighted by Gasteiger charge is -2.38. The highest BCUT2D eigenvalue weighted by Gasteiger charge is 2.48. The number of halogens is 2.